The molecule has 4 heteroatoms. The molecule has 3 aromatic carbocycles. The van der Waals surface area contributed by atoms with E-state index < -0.39 is 11.7 Å². The largest absolute Gasteiger partial charge is 0.418 e. The molecule has 0 bridgehead atoms. The van der Waals surface area contributed by atoms with Gasteiger partial charge in [-0.05, 0) is 65.5 Å². The van der Waals surface area contributed by atoms with Gasteiger partial charge in [-0.25, -0.2) is 0 Å². The minimum atomic E-state index is -4.43. The molecule has 1 aliphatic rings. The van der Waals surface area contributed by atoms with Crippen molar-refractivity contribution in [2.75, 3.05) is 11.4 Å². The highest BCUT2D eigenvalue weighted by Gasteiger charge is 2.40. The van der Waals surface area contributed by atoms with E-state index in [4.69, 9.17) is 0 Å². The molecule has 3 aromatic rings. The van der Waals surface area contributed by atoms with Crippen molar-refractivity contribution in [2.24, 2.45) is 5.92 Å². The minimum absolute atomic E-state index is 0.200. The predicted molar refractivity (Wildman–Crippen MR) is 127 cm³/mol. The molecular weight excluding hydrogens is 407 g/mol. The first kappa shape index (κ1) is 22.4. The van der Waals surface area contributed by atoms with Gasteiger partial charge < -0.3 is 4.90 Å². The van der Waals surface area contributed by atoms with Gasteiger partial charge >= 0.3 is 6.18 Å². The van der Waals surface area contributed by atoms with Crippen molar-refractivity contribution < 1.29 is 13.2 Å². The van der Waals surface area contributed by atoms with E-state index in [1.807, 2.05) is 66.4 Å². The summed E-state index contributed by atoms with van der Waals surface area (Å²) in [6, 6.07) is 21.1. The third kappa shape index (κ3) is 4.55. The van der Waals surface area contributed by atoms with Crippen LogP contribution in [0.5, 0.6) is 0 Å². The first-order valence-corrected chi connectivity index (χ1v) is 11.4. The zero-order chi connectivity index (χ0) is 22.9. The SMILES string of the molecule is CC(C)CC(C)c1cc(-c2ccccc2)cc(N2CCCc3ccccc32)c1C(F)(F)F. The lowest BCUT2D eigenvalue weighted by Crippen LogP contribution is -2.28. The highest BCUT2D eigenvalue weighted by molar-refractivity contribution is 5.78. The molecule has 4 rings (SSSR count). The van der Waals surface area contributed by atoms with Gasteiger partial charge in [0.2, 0.25) is 0 Å². The summed E-state index contributed by atoms with van der Waals surface area (Å²) >= 11 is 0. The number of anilines is 2. The van der Waals surface area contributed by atoms with Crippen molar-refractivity contribution in [1.82, 2.24) is 0 Å². The van der Waals surface area contributed by atoms with Crippen LogP contribution in [0.4, 0.5) is 24.5 Å². The van der Waals surface area contributed by atoms with Crippen LogP contribution in [0.3, 0.4) is 0 Å². The van der Waals surface area contributed by atoms with Crippen LogP contribution < -0.4 is 4.90 Å². The molecule has 0 fully saturated rings. The Balaban J connectivity index is 1.99. The van der Waals surface area contributed by atoms with Crippen molar-refractivity contribution >= 4 is 11.4 Å². The standard InChI is InChI=1S/C28H30F3N/c1-19(2)16-20(3)24-17-23(21-10-5-4-6-11-21)18-26(27(24)28(29,30)31)32-15-9-13-22-12-7-8-14-25(22)32/h4-8,10-12,14,17-20H,9,13,15-16H2,1-3H3. The Morgan fingerprint density at radius 1 is 0.844 bits per heavy atom. The maximum atomic E-state index is 14.6. The van der Waals surface area contributed by atoms with Gasteiger partial charge in [0.15, 0.2) is 0 Å². The lowest BCUT2D eigenvalue weighted by Gasteiger charge is -2.35. The first-order valence-electron chi connectivity index (χ1n) is 11.4. The number of benzene rings is 3. The van der Waals surface area contributed by atoms with Crippen LogP contribution in [0.1, 0.15) is 56.2 Å². The molecule has 0 saturated heterocycles. The Bertz CT molecular complexity index is 1070. The number of hydrogen-bond acceptors (Lipinski definition) is 1. The smallest absolute Gasteiger partial charge is 0.341 e. The molecule has 0 spiro atoms. The van der Waals surface area contributed by atoms with Gasteiger partial charge in [0, 0.05) is 12.2 Å². The zero-order valence-corrected chi connectivity index (χ0v) is 18.9. The van der Waals surface area contributed by atoms with E-state index in [9.17, 15) is 13.2 Å². The minimum Gasteiger partial charge on any atom is -0.341 e. The van der Waals surface area contributed by atoms with Gasteiger partial charge in [-0.3, -0.25) is 0 Å². The summed E-state index contributed by atoms with van der Waals surface area (Å²) in [5.41, 5.74) is 3.95. The van der Waals surface area contributed by atoms with E-state index in [0.29, 0.717) is 24.4 Å². The average Bonchev–Trinajstić information content (AvgIpc) is 2.77. The highest BCUT2D eigenvalue weighted by Crippen LogP contribution is 2.47. The molecule has 0 saturated carbocycles. The summed E-state index contributed by atoms with van der Waals surface area (Å²) in [4.78, 5) is 1.89. The Kier molecular flexibility index (Phi) is 6.32. The van der Waals surface area contributed by atoms with Crippen molar-refractivity contribution in [3.05, 3.63) is 83.4 Å². The molecule has 0 radical (unpaired) electrons. The zero-order valence-electron chi connectivity index (χ0n) is 18.9. The van der Waals surface area contributed by atoms with Crippen molar-refractivity contribution in [2.45, 2.75) is 52.1 Å². The second kappa shape index (κ2) is 9.01. The van der Waals surface area contributed by atoms with E-state index in [1.165, 1.54) is 0 Å². The van der Waals surface area contributed by atoms with Crippen LogP contribution in [0.25, 0.3) is 11.1 Å². The molecule has 1 heterocycles. The Morgan fingerprint density at radius 3 is 2.22 bits per heavy atom. The van der Waals surface area contributed by atoms with E-state index in [2.05, 4.69) is 13.8 Å². The number of alkyl halides is 3. The number of halogens is 3. The summed E-state index contributed by atoms with van der Waals surface area (Å²) in [5.74, 6) is 0.111. The molecule has 32 heavy (non-hydrogen) atoms. The van der Waals surface area contributed by atoms with Gasteiger partial charge in [-0.2, -0.15) is 13.2 Å². The Morgan fingerprint density at radius 2 is 1.53 bits per heavy atom. The predicted octanol–water partition coefficient (Wildman–Crippen LogP) is 8.61. The van der Waals surface area contributed by atoms with E-state index in [0.717, 1.165) is 35.2 Å². The maximum absolute atomic E-state index is 14.6. The van der Waals surface area contributed by atoms with Crippen LogP contribution in [0, 0.1) is 5.92 Å². The number of para-hydroxylation sites is 1. The van der Waals surface area contributed by atoms with Crippen molar-refractivity contribution in [3.8, 4) is 11.1 Å². The summed E-state index contributed by atoms with van der Waals surface area (Å²) < 4.78 is 43.9. The molecular formula is C28H30F3N. The Hall–Kier alpha value is -2.75. The maximum Gasteiger partial charge on any atom is 0.418 e. The third-order valence-corrected chi connectivity index (χ3v) is 6.30. The van der Waals surface area contributed by atoms with E-state index in [1.54, 1.807) is 12.1 Å². The van der Waals surface area contributed by atoms with Gasteiger partial charge in [-0.15, -0.1) is 0 Å². The second-order valence-corrected chi connectivity index (χ2v) is 9.24. The fraction of sp³-hybridized carbons (Fsp3) is 0.357. The summed E-state index contributed by atoms with van der Waals surface area (Å²) in [6.07, 6.45) is -2.00. The fourth-order valence-corrected chi connectivity index (χ4v) is 4.97. The molecule has 0 aliphatic carbocycles. The number of fused-ring (bicyclic) bond motifs is 1. The van der Waals surface area contributed by atoms with Gasteiger partial charge in [0.1, 0.15) is 0 Å². The van der Waals surface area contributed by atoms with E-state index in [-0.39, 0.29) is 11.6 Å². The fourth-order valence-electron chi connectivity index (χ4n) is 4.97. The summed E-state index contributed by atoms with van der Waals surface area (Å²) in [6.45, 7) is 6.63. The Labute approximate surface area is 188 Å². The lowest BCUT2D eigenvalue weighted by molar-refractivity contribution is -0.137. The van der Waals surface area contributed by atoms with Crippen molar-refractivity contribution in [3.63, 3.8) is 0 Å². The van der Waals surface area contributed by atoms with Crippen LogP contribution in [0.2, 0.25) is 0 Å². The molecule has 1 unspecified atom stereocenters. The third-order valence-electron chi connectivity index (χ3n) is 6.30. The monoisotopic (exact) mass is 437 g/mol. The molecule has 0 N–H and O–H groups in total. The average molecular weight is 438 g/mol. The number of hydrogen-bond donors (Lipinski definition) is 0. The van der Waals surface area contributed by atoms with Crippen molar-refractivity contribution in [1.29, 1.82) is 0 Å². The van der Waals surface area contributed by atoms with Gasteiger partial charge in [0.05, 0.1) is 11.3 Å². The summed E-state index contributed by atoms with van der Waals surface area (Å²) in [7, 11) is 0. The van der Waals surface area contributed by atoms with Crippen LogP contribution in [-0.4, -0.2) is 6.54 Å². The molecule has 1 aliphatic heterocycles. The number of rotatable bonds is 5. The molecule has 0 amide bonds. The van der Waals surface area contributed by atoms with Crippen LogP contribution >= 0.6 is 0 Å². The topological polar surface area (TPSA) is 3.24 Å². The number of aryl methyl sites for hydroxylation is 1. The van der Waals surface area contributed by atoms with E-state index >= 15 is 0 Å². The normalized spacial score (nSPS) is 15.0. The lowest BCUT2D eigenvalue weighted by atomic mass is 9.85. The molecule has 1 atom stereocenters. The van der Waals surface area contributed by atoms with Crippen LogP contribution in [-0.2, 0) is 12.6 Å². The van der Waals surface area contributed by atoms with Crippen LogP contribution in [0.15, 0.2) is 66.7 Å². The second-order valence-electron chi connectivity index (χ2n) is 9.24. The van der Waals surface area contributed by atoms with Gasteiger partial charge in [0.25, 0.3) is 0 Å². The highest BCUT2D eigenvalue weighted by atomic mass is 19.4. The molecule has 1 nitrogen and oxygen atoms in total. The summed E-state index contributed by atoms with van der Waals surface area (Å²) in [5, 5.41) is 0. The molecule has 0 aromatic heterocycles. The quantitative estimate of drug-likeness (QED) is 0.386. The van der Waals surface area contributed by atoms with Gasteiger partial charge in [-0.1, -0.05) is 75.4 Å². The molecule has 168 valence electrons. The number of nitrogens with zero attached hydrogens (tertiary/aromatic N) is 1. The first-order chi connectivity index (χ1) is 15.3.